The van der Waals surface area contributed by atoms with Crippen molar-refractivity contribution in [2.24, 2.45) is 0 Å². The van der Waals surface area contributed by atoms with Gasteiger partial charge in [0.15, 0.2) is 0 Å². The van der Waals surface area contributed by atoms with E-state index in [4.69, 9.17) is 5.26 Å². The summed E-state index contributed by atoms with van der Waals surface area (Å²) >= 11 is 0. The lowest BCUT2D eigenvalue weighted by atomic mass is 10.1. The fourth-order valence-electron chi connectivity index (χ4n) is 2.07. The number of hydrogen-bond acceptors (Lipinski definition) is 1. The molecule has 0 unspecified atom stereocenters. The molecule has 0 bridgehead atoms. The van der Waals surface area contributed by atoms with Gasteiger partial charge in [-0.3, -0.25) is 0 Å². The second-order valence-corrected chi connectivity index (χ2v) is 11.1. The highest BCUT2D eigenvalue weighted by atomic mass is 28.3. The van der Waals surface area contributed by atoms with E-state index in [1.165, 1.54) is 5.19 Å². The maximum absolute atomic E-state index is 8.84. The molecule has 2 aromatic rings. The van der Waals surface area contributed by atoms with E-state index in [0.29, 0.717) is 6.42 Å². The lowest BCUT2D eigenvalue weighted by molar-refractivity contribution is 1.25. The largest absolute Gasteiger partial charge is 0.198 e. The summed E-state index contributed by atoms with van der Waals surface area (Å²) in [6.45, 7) is 7.02. The zero-order chi connectivity index (χ0) is 15.3. The molecule has 0 saturated heterocycles. The van der Waals surface area contributed by atoms with Gasteiger partial charge in [-0.2, -0.15) is 5.26 Å². The average Bonchev–Trinajstić information content (AvgIpc) is 2.46. The van der Waals surface area contributed by atoms with Crippen LogP contribution in [0.5, 0.6) is 0 Å². The first-order valence-corrected chi connectivity index (χ1v) is 10.6. The van der Waals surface area contributed by atoms with Gasteiger partial charge < -0.3 is 0 Å². The Morgan fingerprint density at radius 3 is 2.19 bits per heavy atom. The fraction of sp³-hybridized carbons (Fsp3) is 0.211. The van der Waals surface area contributed by atoms with E-state index in [1.54, 1.807) is 0 Å². The van der Waals surface area contributed by atoms with Crippen LogP contribution >= 0.6 is 0 Å². The highest BCUT2D eigenvalue weighted by Crippen LogP contribution is 2.08. The number of benzene rings is 2. The standard InChI is InChI=1S/C19H19NSi/c1-21(2,3)19-12-9-16(10-13-19)8-11-17-6-4-5-7-18(17)14-15-20/h4-7,9-10,12-13H,14H2,1-3H3. The van der Waals surface area contributed by atoms with E-state index < -0.39 is 8.07 Å². The predicted octanol–water partition coefficient (Wildman–Crippen LogP) is 3.70. The van der Waals surface area contributed by atoms with Crippen LogP contribution in [-0.2, 0) is 6.42 Å². The van der Waals surface area contributed by atoms with Gasteiger partial charge in [-0.1, -0.05) is 67.0 Å². The molecule has 2 heteroatoms. The first-order valence-electron chi connectivity index (χ1n) is 7.08. The number of hydrogen-bond donors (Lipinski definition) is 0. The van der Waals surface area contributed by atoms with Gasteiger partial charge in [0, 0.05) is 11.1 Å². The molecule has 0 aliphatic rings. The van der Waals surface area contributed by atoms with Crippen molar-refractivity contribution in [1.82, 2.24) is 0 Å². The van der Waals surface area contributed by atoms with Crippen LogP contribution in [0.25, 0.3) is 0 Å². The van der Waals surface area contributed by atoms with Crippen LogP contribution < -0.4 is 5.19 Å². The van der Waals surface area contributed by atoms with Crippen molar-refractivity contribution in [1.29, 1.82) is 5.26 Å². The minimum atomic E-state index is -1.25. The van der Waals surface area contributed by atoms with E-state index in [-0.39, 0.29) is 0 Å². The van der Waals surface area contributed by atoms with Gasteiger partial charge >= 0.3 is 0 Å². The Kier molecular flexibility index (Phi) is 4.63. The molecule has 0 saturated carbocycles. The Morgan fingerprint density at radius 2 is 1.57 bits per heavy atom. The molecule has 0 atom stereocenters. The van der Waals surface area contributed by atoms with Gasteiger partial charge in [-0.05, 0) is 23.8 Å². The van der Waals surface area contributed by atoms with Crippen molar-refractivity contribution in [2.75, 3.05) is 0 Å². The topological polar surface area (TPSA) is 23.8 Å². The third kappa shape index (κ3) is 4.08. The second kappa shape index (κ2) is 6.44. The summed E-state index contributed by atoms with van der Waals surface area (Å²) in [5, 5.41) is 10.3. The Balaban J connectivity index is 2.26. The van der Waals surface area contributed by atoms with Crippen molar-refractivity contribution in [3.63, 3.8) is 0 Å². The van der Waals surface area contributed by atoms with E-state index in [9.17, 15) is 0 Å². The summed E-state index contributed by atoms with van der Waals surface area (Å²) < 4.78 is 0. The Hall–Kier alpha value is -2.29. The summed E-state index contributed by atoms with van der Waals surface area (Å²) in [7, 11) is -1.25. The van der Waals surface area contributed by atoms with Crippen molar-refractivity contribution in [3.8, 4) is 17.9 Å². The van der Waals surface area contributed by atoms with Crippen LogP contribution in [0.4, 0.5) is 0 Å². The lowest BCUT2D eigenvalue weighted by Gasteiger charge is -2.15. The molecule has 0 aliphatic heterocycles. The summed E-state index contributed by atoms with van der Waals surface area (Å²) in [5.41, 5.74) is 2.95. The normalized spacial score (nSPS) is 10.4. The summed E-state index contributed by atoms with van der Waals surface area (Å²) in [5.74, 6) is 6.38. The van der Waals surface area contributed by atoms with Crippen LogP contribution in [0.2, 0.25) is 19.6 Å². The average molecular weight is 289 g/mol. The molecular weight excluding hydrogens is 270 g/mol. The summed E-state index contributed by atoms with van der Waals surface area (Å²) in [6.07, 6.45) is 0.402. The Labute approximate surface area is 128 Å². The number of rotatable bonds is 2. The smallest absolute Gasteiger partial charge is 0.0775 e. The van der Waals surface area contributed by atoms with Crippen LogP contribution in [0.1, 0.15) is 16.7 Å². The molecule has 0 heterocycles. The van der Waals surface area contributed by atoms with Crippen LogP contribution in [-0.4, -0.2) is 8.07 Å². The van der Waals surface area contributed by atoms with Gasteiger partial charge in [0.1, 0.15) is 0 Å². The molecule has 21 heavy (non-hydrogen) atoms. The minimum Gasteiger partial charge on any atom is -0.198 e. The maximum atomic E-state index is 8.84. The Morgan fingerprint density at radius 1 is 0.905 bits per heavy atom. The zero-order valence-corrected chi connectivity index (χ0v) is 13.8. The molecule has 0 radical (unpaired) electrons. The van der Waals surface area contributed by atoms with E-state index in [1.807, 2.05) is 24.3 Å². The highest BCUT2D eigenvalue weighted by molar-refractivity contribution is 6.88. The SMILES string of the molecule is C[Si](C)(C)c1ccc(C#Cc2ccccc2CC#N)cc1. The Bertz CT molecular complexity index is 719. The molecule has 0 aliphatic carbocycles. The van der Waals surface area contributed by atoms with Crippen LogP contribution in [0.15, 0.2) is 48.5 Å². The fourth-order valence-corrected chi connectivity index (χ4v) is 3.24. The van der Waals surface area contributed by atoms with Gasteiger partial charge in [-0.25, -0.2) is 0 Å². The predicted molar refractivity (Wildman–Crippen MR) is 91.2 cm³/mol. The molecule has 2 rings (SSSR count). The number of nitrogens with zero attached hydrogens (tertiary/aromatic N) is 1. The molecule has 0 amide bonds. The lowest BCUT2D eigenvalue weighted by Crippen LogP contribution is -2.37. The molecular formula is C19H19NSi. The molecule has 0 spiro atoms. The van der Waals surface area contributed by atoms with Crippen molar-refractivity contribution in [3.05, 3.63) is 65.2 Å². The molecule has 0 aromatic heterocycles. The number of nitriles is 1. The van der Waals surface area contributed by atoms with Gasteiger partial charge in [0.25, 0.3) is 0 Å². The second-order valence-electron chi connectivity index (χ2n) is 6.07. The molecule has 1 nitrogen and oxygen atoms in total. The van der Waals surface area contributed by atoms with Gasteiger partial charge in [0.2, 0.25) is 0 Å². The minimum absolute atomic E-state index is 0.402. The first-order chi connectivity index (χ1) is 10.0. The van der Waals surface area contributed by atoms with E-state index >= 15 is 0 Å². The van der Waals surface area contributed by atoms with Gasteiger partial charge in [0.05, 0.1) is 20.6 Å². The van der Waals surface area contributed by atoms with Crippen LogP contribution in [0.3, 0.4) is 0 Å². The third-order valence-corrected chi connectivity index (χ3v) is 5.44. The first kappa shape index (κ1) is 15.1. The van der Waals surface area contributed by atoms with Crippen LogP contribution in [0, 0.1) is 23.2 Å². The summed E-state index contributed by atoms with van der Waals surface area (Å²) in [6, 6.07) is 18.6. The van der Waals surface area contributed by atoms with Crippen molar-refractivity contribution >= 4 is 13.3 Å². The van der Waals surface area contributed by atoms with Crippen molar-refractivity contribution in [2.45, 2.75) is 26.1 Å². The maximum Gasteiger partial charge on any atom is 0.0775 e. The van der Waals surface area contributed by atoms with E-state index in [2.05, 4.69) is 61.8 Å². The van der Waals surface area contributed by atoms with E-state index in [0.717, 1.165) is 16.7 Å². The van der Waals surface area contributed by atoms with Crippen molar-refractivity contribution < 1.29 is 0 Å². The highest BCUT2D eigenvalue weighted by Gasteiger charge is 2.15. The van der Waals surface area contributed by atoms with Gasteiger partial charge in [-0.15, -0.1) is 0 Å². The molecule has 0 fully saturated rings. The zero-order valence-electron chi connectivity index (χ0n) is 12.8. The monoisotopic (exact) mass is 289 g/mol. The quantitative estimate of drug-likeness (QED) is 0.611. The summed E-state index contributed by atoms with van der Waals surface area (Å²) in [4.78, 5) is 0. The molecule has 2 aromatic carbocycles. The third-order valence-electron chi connectivity index (χ3n) is 3.38. The molecule has 104 valence electrons. The molecule has 0 N–H and O–H groups in total.